The Morgan fingerprint density at radius 1 is 1.50 bits per heavy atom. The van der Waals surface area contributed by atoms with Crippen molar-refractivity contribution in [2.24, 2.45) is 5.41 Å². The summed E-state index contributed by atoms with van der Waals surface area (Å²) in [6, 6.07) is 0. The van der Waals surface area contributed by atoms with Gasteiger partial charge in [0.25, 0.3) is 0 Å². The Labute approximate surface area is 85.1 Å². The third kappa shape index (κ3) is 1.24. The van der Waals surface area contributed by atoms with E-state index in [1.165, 1.54) is 11.1 Å². The van der Waals surface area contributed by atoms with Crippen LogP contribution in [0.5, 0.6) is 0 Å². The quantitative estimate of drug-likeness (QED) is 0.665. The molecule has 2 rings (SSSR count). The van der Waals surface area contributed by atoms with E-state index in [0.29, 0.717) is 5.76 Å². The van der Waals surface area contributed by atoms with Crippen molar-refractivity contribution >= 4 is 0 Å². The number of fused-ring (bicyclic) bond motifs is 1. The van der Waals surface area contributed by atoms with Gasteiger partial charge in [-0.05, 0) is 30.1 Å². The SMILES string of the molecule is C=CC1=CCC=C2C=C(O)CCC12C. The lowest BCUT2D eigenvalue weighted by molar-refractivity contribution is 0.329. The van der Waals surface area contributed by atoms with Crippen LogP contribution in [0.1, 0.15) is 26.2 Å². The van der Waals surface area contributed by atoms with Crippen LogP contribution < -0.4 is 0 Å². The maximum Gasteiger partial charge on any atom is 0.0926 e. The zero-order valence-corrected chi connectivity index (χ0v) is 8.59. The van der Waals surface area contributed by atoms with E-state index in [1.54, 1.807) is 0 Å². The van der Waals surface area contributed by atoms with Gasteiger partial charge in [0.1, 0.15) is 0 Å². The van der Waals surface area contributed by atoms with Gasteiger partial charge in [0.2, 0.25) is 0 Å². The summed E-state index contributed by atoms with van der Waals surface area (Å²) in [4.78, 5) is 0. The number of allylic oxidation sites excluding steroid dienone is 7. The van der Waals surface area contributed by atoms with Crippen molar-refractivity contribution < 1.29 is 5.11 Å². The van der Waals surface area contributed by atoms with E-state index < -0.39 is 0 Å². The van der Waals surface area contributed by atoms with Crippen molar-refractivity contribution in [2.45, 2.75) is 26.2 Å². The van der Waals surface area contributed by atoms with Gasteiger partial charge in [-0.25, -0.2) is 0 Å². The second-order valence-corrected chi connectivity index (χ2v) is 4.23. The first-order valence-electron chi connectivity index (χ1n) is 5.10. The van der Waals surface area contributed by atoms with Gasteiger partial charge in [-0.15, -0.1) is 0 Å². The fourth-order valence-electron chi connectivity index (χ4n) is 2.38. The van der Waals surface area contributed by atoms with Crippen molar-refractivity contribution in [1.82, 2.24) is 0 Å². The van der Waals surface area contributed by atoms with E-state index in [9.17, 15) is 5.11 Å². The smallest absolute Gasteiger partial charge is 0.0926 e. The molecule has 0 aliphatic heterocycles. The maximum absolute atomic E-state index is 9.50. The second kappa shape index (κ2) is 3.16. The number of aliphatic hydroxyl groups excluding tert-OH is 1. The number of rotatable bonds is 1. The predicted molar refractivity (Wildman–Crippen MR) is 59.0 cm³/mol. The molecule has 0 saturated heterocycles. The van der Waals surface area contributed by atoms with Gasteiger partial charge in [0, 0.05) is 11.8 Å². The Balaban J connectivity index is 2.44. The van der Waals surface area contributed by atoms with Crippen LogP contribution in [0.3, 0.4) is 0 Å². The molecule has 0 spiro atoms. The Bertz CT molecular complexity index is 357. The summed E-state index contributed by atoms with van der Waals surface area (Å²) in [5, 5.41) is 9.50. The molecule has 0 amide bonds. The molecule has 0 fully saturated rings. The molecular formula is C13H16O. The van der Waals surface area contributed by atoms with Crippen molar-refractivity contribution in [3.05, 3.63) is 47.8 Å². The van der Waals surface area contributed by atoms with Gasteiger partial charge in [-0.3, -0.25) is 0 Å². The van der Waals surface area contributed by atoms with Crippen LogP contribution in [-0.2, 0) is 0 Å². The molecule has 0 heterocycles. The lowest BCUT2D eigenvalue weighted by Crippen LogP contribution is -2.25. The Hall–Kier alpha value is -1.24. The van der Waals surface area contributed by atoms with Crippen LogP contribution >= 0.6 is 0 Å². The highest BCUT2D eigenvalue weighted by atomic mass is 16.3. The summed E-state index contributed by atoms with van der Waals surface area (Å²) >= 11 is 0. The average molecular weight is 188 g/mol. The monoisotopic (exact) mass is 188 g/mol. The predicted octanol–water partition coefficient (Wildman–Crippen LogP) is 3.67. The molecule has 0 aromatic heterocycles. The van der Waals surface area contributed by atoms with Crippen LogP contribution in [0.4, 0.5) is 0 Å². The molecule has 1 nitrogen and oxygen atoms in total. The van der Waals surface area contributed by atoms with E-state index in [2.05, 4.69) is 25.7 Å². The minimum atomic E-state index is 0.0895. The van der Waals surface area contributed by atoms with Crippen LogP contribution in [0.25, 0.3) is 0 Å². The summed E-state index contributed by atoms with van der Waals surface area (Å²) in [5.41, 5.74) is 2.64. The van der Waals surface area contributed by atoms with Crippen molar-refractivity contribution in [2.75, 3.05) is 0 Å². The second-order valence-electron chi connectivity index (χ2n) is 4.23. The first-order chi connectivity index (χ1) is 6.66. The standard InChI is InChI=1S/C13H16O/c1-3-10-5-4-6-11-9-12(14)7-8-13(10,11)2/h3,5-6,9,14H,1,4,7-8H2,2H3. The van der Waals surface area contributed by atoms with Crippen molar-refractivity contribution in [3.8, 4) is 0 Å². The van der Waals surface area contributed by atoms with Gasteiger partial charge < -0.3 is 5.11 Å². The van der Waals surface area contributed by atoms with Gasteiger partial charge in [0.15, 0.2) is 0 Å². The molecule has 74 valence electrons. The molecule has 1 unspecified atom stereocenters. The van der Waals surface area contributed by atoms with Gasteiger partial charge in [-0.1, -0.05) is 31.7 Å². The number of hydrogen-bond acceptors (Lipinski definition) is 1. The molecule has 2 aliphatic carbocycles. The highest BCUT2D eigenvalue weighted by Crippen LogP contribution is 2.47. The van der Waals surface area contributed by atoms with Crippen LogP contribution in [0.2, 0.25) is 0 Å². The van der Waals surface area contributed by atoms with Gasteiger partial charge >= 0.3 is 0 Å². The molecule has 2 aliphatic rings. The molecule has 0 aromatic rings. The summed E-state index contributed by atoms with van der Waals surface area (Å²) in [6.45, 7) is 6.09. The highest BCUT2D eigenvalue weighted by Gasteiger charge is 2.34. The minimum absolute atomic E-state index is 0.0895. The molecule has 0 radical (unpaired) electrons. The first kappa shape index (κ1) is 9.32. The molecule has 0 saturated carbocycles. The van der Waals surface area contributed by atoms with Crippen LogP contribution in [0, 0.1) is 5.41 Å². The summed E-state index contributed by atoms with van der Waals surface area (Å²) in [5.74, 6) is 0.513. The fourth-order valence-corrected chi connectivity index (χ4v) is 2.38. The Morgan fingerprint density at radius 2 is 2.29 bits per heavy atom. The third-order valence-electron chi connectivity index (χ3n) is 3.37. The van der Waals surface area contributed by atoms with Crippen LogP contribution in [0.15, 0.2) is 47.8 Å². The lowest BCUT2D eigenvalue weighted by atomic mass is 9.67. The Kier molecular flexibility index (Phi) is 2.10. The summed E-state index contributed by atoms with van der Waals surface area (Å²) < 4.78 is 0. The van der Waals surface area contributed by atoms with Crippen LogP contribution in [-0.4, -0.2) is 5.11 Å². The highest BCUT2D eigenvalue weighted by molar-refractivity contribution is 5.46. The fraction of sp³-hybridized carbons (Fsp3) is 0.385. The molecule has 1 heteroatoms. The summed E-state index contributed by atoms with van der Waals surface area (Å²) in [6.07, 6.45) is 11.0. The maximum atomic E-state index is 9.50. The largest absolute Gasteiger partial charge is 0.512 e. The van der Waals surface area contributed by atoms with E-state index in [1.807, 2.05) is 12.2 Å². The molecule has 1 atom stereocenters. The zero-order valence-electron chi connectivity index (χ0n) is 8.59. The van der Waals surface area contributed by atoms with E-state index in [-0.39, 0.29) is 5.41 Å². The molecule has 14 heavy (non-hydrogen) atoms. The first-order valence-corrected chi connectivity index (χ1v) is 5.10. The number of hydrogen-bond donors (Lipinski definition) is 1. The van der Waals surface area contributed by atoms with E-state index in [4.69, 9.17) is 0 Å². The molecule has 0 aromatic carbocycles. The minimum Gasteiger partial charge on any atom is -0.512 e. The summed E-state index contributed by atoms with van der Waals surface area (Å²) in [7, 11) is 0. The topological polar surface area (TPSA) is 20.2 Å². The van der Waals surface area contributed by atoms with Gasteiger partial charge in [0.05, 0.1) is 5.76 Å². The molecular weight excluding hydrogens is 172 g/mol. The Morgan fingerprint density at radius 3 is 3.00 bits per heavy atom. The third-order valence-corrected chi connectivity index (χ3v) is 3.37. The molecule has 0 bridgehead atoms. The van der Waals surface area contributed by atoms with Crippen molar-refractivity contribution in [1.29, 1.82) is 0 Å². The lowest BCUT2D eigenvalue weighted by Gasteiger charge is -2.37. The zero-order chi connectivity index (χ0) is 10.2. The number of aliphatic hydroxyl groups is 1. The van der Waals surface area contributed by atoms with E-state index in [0.717, 1.165) is 19.3 Å². The van der Waals surface area contributed by atoms with Crippen molar-refractivity contribution in [3.63, 3.8) is 0 Å². The van der Waals surface area contributed by atoms with E-state index >= 15 is 0 Å². The average Bonchev–Trinajstić information content (AvgIpc) is 2.18. The normalized spacial score (nSPS) is 31.1. The molecule has 1 N–H and O–H groups in total. The van der Waals surface area contributed by atoms with Gasteiger partial charge in [-0.2, -0.15) is 0 Å².